The third-order valence-corrected chi connectivity index (χ3v) is 4.35. The molecule has 2 aromatic carbocycles. The molecule has 1 aliphatic rings. The number of nitro benzene ring substituents is 2. The van der Waals surface area contributed by atoms with Gasteiger partial charge in [0.15, 0.2) is 5.78 Å². The second-order valence-electron chi connectivity index (χ2n) is 6.54. The average Bonchev–Trinajstić information content (AvgIpc) is 2.66. The molecule has 0 radical (unpaired) electrons. The molecule has 0 saturated carbocycles. The number of Topliss-reactive ketones (excluding diaryl/α,β-unsaturated/α-hetero) is 1. The number of halogens is 1. The lowest BCUT2D eigenvalue weighted by Crippen LogP contribution is -2.34. The van der Waals surface area contributed by atoms with Crippen LogP contribution in [0.15, 0.2) is 59.7 Å². The van der Waals surface area contributed by atoms with Crippen molar-refractivity contribution in [2.75, 3.05) is 20.1 Å². The van der Waals surface area contributed by atoms with Gasteiger partial charge in [-0.05, 0) is 54.6 Å². The fourth-order valence-corrected chi connectivity index (χ4v) is 3.00. The molecule has 0 atom stereocenters. The van der Waals surface area contributed by atoms with Crippen molar-refractivity contribution < 1.29 is 14.6 Å². The molecular weight excluding hydrogens is 398 g/mol. The molecule has 0 bridgehead atoms. The molecule has 0 aliphatic carbocycles. The van der Waals surface area contributed by atoms with Crippen molar-refractivity contribution in [1.29, 1.82) is 0 Å². The fourth-order valence-electron chi connectivity index (χ4n) is 3.00. The first-order valence-corrected chi connectivity index (χ1v) is 8.47. The third-order valence-electron chi connectivity index (χ3n) is 4.35. The maximum atomic E-state index is 12.9. The summed E-state index contributed by atoms with van der Waals surface area (Å²) in [5.41, 5.74) is 2.56. The smallest absolute Gasteiger partial charge is 0.269 e. The van der Waals surface area contributed by atoms with Gasteiger partial charge in [-0.25, -0.2) is 0 Å². The van der Waals surface area contributed by atoms with E-state index in [1.165, 1.54) is 24.3 Å². The van der Waals surface area contributed by atoms with Crippen LogP contribution in [-0.2, 0) is 4.79 Å². The summed E-state index contributed by atoms with van der Waals surface area (Å²) < 4.78 is 0. The standard InChI is InChI=1S/C20H17N3O5.ClH/c1-21-12-16(10-14-2-6-18(7-3-14)22(25)26)20(24)17(13-21)11-15-4-8-19(9-5-15)23(27)28;/h2-11H,12-13H2,1H3;1H/b16-10+,17-11+;. The molecule has 29 heavy (non-hydrogen) atoms. The lowest BCUT2D eigenvalue weighted by Gasteiger charge is -2.26. The molecule has 0 aromatic heterocycles. The van der Waals surface area contributed by atoms with Crippen molar-refractivity contribution in [3.05, 3.63) is 91.0 Å². The van der Waals surface area contributed by atoms with Gasteiger partial charge < -0.3 is 0 Å². The molecule has 9 heteroatoms. The Hall–Kier alpha value is -3.36. The Bertz CT molecular complexity index is 918. The van der Waals surface area contributed by atoms with Crippen LogP contribution in [0.3, 0.4) is 0 Å². The van der Waals surface area contributed by atoms with Gasteiger partial charge >= 0.3 is 0 Å². The minimum atomic E-state index is -0.471. The van der Waals surface area contributed by atoms with Crippen LogP contribution in [0.5, 0.6) is 0 Å². The third kappa shape index (κ3) is 5.34. The Morgan fingerprint density at radius 1 is 0.793 bits per heavy atom. The number of ketones is 1. The SMILES string of the molecule is CN1C/C(=C\c2ccc([N+](=O)[O-])cc2)C(=O)/C(=C/c2ccc([N+](=O)[O-])cc2)C1.Cl. The predicted octanol–water partition coefficient (Wildman–Crippen LogP) is 3.91. The number of likely N-dealkylation sites (tertiary alicyclic amines) is 1. The first-order valence-electron chi connectivity index (χ1n) is 8.47. The number of hydrogen-bond acceptors (Lipinski definition) is 6. The second kappa shape index (κ2) is 9.22. The number of carbonyl (C=O) groups is 1. The first-order chi connectivity index (χ1) is 13.3. The summed E-state index contributed by atoms with van der Waals surface area (Å²) in [5.74, 6) is -0.102. The molecule has 0 N–H and O–H groups in total. The van der Waals surface area contributed by atoms with Crippen LogP contribution in [0.25, 0.3) is 12.2 Å². The van der Waals surface area contributed by atoms with Gasteiger partial charge in [-0.2, -0.15) is 0 Å². The average molecular weight is 416 g/mol. The van der Waals surface area contributed by atoms with E-state index in [2.05, 4.69) is 0 Å². The van der Waals surface area contributed by atoms with E-state index in [0.717, 1.165) is 0 Å². The van der Waals surface area contributed by atoms with Gasteiger partial charge in [0, 0.05) is 48.5 Å². The Labute approximate surface area is 172 Å². The largest absolute Gasteiger partial charge is 0.298 e. The van der Waals surface area contributed by atoms with Gasteiger partial charge in [-0.3, -0.25) is 29.9 Å². The van der Waals surface area contributed by atoms with E-state index in [9.17, 15) is 25.0 Å². The van der Waals surface area contributed by atoms with Crippen molar-refractivity contribution in [2.24, 2.45) is 0 Å². The van der Waals surface area contributed by atoms with E-state index in [4.69, 9.17) is 0 Å². The Morgan fingerprint density at radius 2 is 1.14 bits per heavy atom. The molecule has 0 spiro atoms. The molecule has 3 rings (SSSR count). The summed E-state index contributed by atoms with van der Waals surface area (Å²) in [6, 6.07) is 12.0. The first kappa shape index (κ1) is 21.9. The number of benzene rings is 2. The van der Waals surface area contributed by atoms with Gasteiger partial charge in [0.1, 0.15) is 0 Å². The topological polar surface area (TPSA) is 107 Å². The highest BCUT2D eigenvalue weighted by Gasteiger charge is 2.24. The highest BCUT2D eigenvalue weighted by molar-refractivity contribution is 6.14. The predicted molar refractivity (Wildman–Crippen MR) is 112 cm³/mol. The molecule has 2 aromatic rings. The Balaban J connectivity index is 0.00000300. The summed E-state index contributed by atoms with van der Waals surface area (Å²) >= 11 is 0. The molecule has 1 fully saturated rings. The maximum Gasteiger partial charge on any atom is 0.269 e. The number of nitrogens with zero attached hydrogens (tertiary/aromatic N) is 3. The van der Waals surface area contributed by atoms with Gasteiger partial charge in [0.25, 0.3) is 11.4 Å². The zero-order chi connectivity index (χ0) is 20.3. The van der Waals surface area contributed by atoms with Crippen molar-refractivity contribution in [2.45, 2.75) is 0 Å². The number of hydrogen-bond donors (Lipinski definition) is 0. The number of carbonyl (C=O) groups excluding carboxylic acids is 1. The number of likely N-dealkylation sites (N-methyl/N-ethyl adjacent to an activating group) is 1. The second-order valence-corrected chi connectivity index (χ2v) is 6.54. The normalized spacial score (nSPS) is 17.2. The van der Waals surface area contributed by atoms with E-state index in [1.807, 2.05) is 11.9 Å². The van der Waals surface area contributed by atoms with Crippen LogP contribution in [0, 0.1) is 20.2 Å². The Morgan fingerprint density at radius 3 is 1.45 bits per heavy atom. The minimum absolute atomic E-state index is 0. The maximum absolute atomic E-state index is 12.9. The van der Waals surface area contributed by atoms with Crippen LogP contribution in [0.2, 0.25) is 0 Å². The van der Waals surface area contributed by atoms with E-state index < -0.39 is 9.85 Å². The summed E-state index contributed by atoms with van der Waals surface area (Å²) in [7, 11) is 1.89. The van der Waals surface area contributed by atoms with Crippen LogP contribution in [-0.4, -0.2) is 40.7 Å². The summed E-state index contributed by atoms with van der Waals surface area (Å²) in [6.07, 6.45) is 3.46. The van der Waals surface area contributed by atoms with Crippen LogP contribution < -0.4 is 0 Å². The van der Waals surface area contributed by atoms with E-state index in [0.29, 0.717) is 35.4 Å². The molecule has 150 valence electrons. The molecule has 1 heterocycles. The summed E-state index contributed by atoms with van der Waals surface area (Å²) in [6.45, 7) is 0.931. The van der Waals surface area contributed by atoms with Crippen LogP contribution in [0.1, 0.15) is 11.1 Å². The number of piperidine rings is 1. The highest BCUT2D eigenvalue weighted by atomic mass is 35.5. The lowest BCUT2D eigenvalue weighted by atomic mass is 9.94. The van der Waals surface area contributed by atoms with Crippen LogP contribution in [0.4, 0.5) is 11.4 Å². The van der Waals surface area contributed by atoms with Gasteiger partial charge in [-0.1, -0.05) is 0 Å². The van der Waals surface area contributed by atoms with Crippen LogP contribution >= 0.6 is 12.4 Å². The molecular formula is C20H18ClN3O5. The highest BCUT2D eigenvalue weighted by Crippen LogP contribution is 2.23. The molecule has 0 amide bonds. The van der Waals surface area contributed by atoms with Crippen molar-refractivity contribution in [1.82, 2.24) is 4.90 Å². The van der Waals surface area contributed by atoms with Crippen molar-refractivity contribution >= 4 is 41.7 Å². The molecule has 0 unspecified atom stereocenters. The minimum Gasteiger partial charge on any atom is -0.298 e. The number of rotatable bonds is 4. The zero-order valence-corrected chi connectivity index (χ0v) is 16.3. The van der Waals surface area contributed by atoms with E-state index in [1.54, 1.807) is 36.4 Å². The Kier molecular flexibility index (Phi) is 6.98. The summed E-state index contributed by atoms with van der Waals surface area (Å²) in [5, 5.41) is 21.5. The quantitative estimate of drug-likeness (QED) is 0.425. The summed E-state index contributed by atoms with van der Waals surface area (Å²) in [4.78, 5) is 35.4. The molecule has 1 saturated heterocycles. The lowest BCUT2D eigenvalue weighted by molar-refractivity contribution is -0.385. The molecule has 1 aliphatic heterocycles. The van der Waals surface area contributed by atoms with Crippen molar-refractivity contribution in [3.8, 4) is 0 Å². The fraction of sp³-hybridized carbons (Fsp3) is 0.150. The van der Waals surface area contributed by atoms with Gasteiger partial charge in [-0.15, -0.1) is 12.4 Å². The molecule has 8 nitrogen and oxygen atoms in total. The monoisotopic (exact) mass is 415 g/mol. The van der Waals surface area contributed by atoms with E-state index in [-0.39, 0.29) is 29.6 Å². The van der Waals surface area contributed by atoms with Gasteiger partial charge in [0.2, 0.25) is 0 Å². The van der Waals surface area contributed by atoms with E-state index >= 15 is 0 Å². The van der Waals surface area contributed by atoms with Crippen molar-refractivity contribution in [3.63, 3.8) is 0 Å². The van der Waals surface area contributed by atoms with Gasteiger partial charge in [0.05, 0.1) is 9.85 Å². The zero-order valence-electron chi connectivity index (χ0n) is 15.5. The number of nitro groups is 2. The number of non-ortho nitro benzene ring substituents is 2.